The van der Waals surface area contributed by atoms with Crippen LogP contribution in [-0.2, 0) is 19.1 Å². The Kier molecular flexibility index (Phi) is 11.2. The van der Waals surface area contributed by atoms with E-state index in [4.69, 9.17) is 9.47 Å². The Morgan fingerprint density at radius 1 is 1.00 bits per heavy atom. The molecule has 0 aliphatic heterocycles. The van der Waals surface area contributed by atoms with Crippen LogP contribution in [0.5, 0.6) is 0 Å². The quantitative estimate of drug-likeness (QED) is 0.291. The van der Waals surface area contributed by atoms with E-state index in [1.807, 2.05) is 20.8 Å². The van der Waals surface area contributed by atoms with Crippen LogP contribution in [0.2, 0.25) is 0 Å². The van der Waals surface area contributed by atoms with Crippen molar-refractivity contribution in [3.8, 4) is 0 Å². The van der Waals surface area contributed by atoms with E-state index >= 15 is 0 Å². The maximum Gasteiger partial charge on any atom is 0.319 e. The molecule has 0 aliphatic rings. The van der Waals surface area contributed by atoms with E-state index in [-0.39, 0.29) is 18.3 Å². The Bertz CT molecular complexity index is 325. The van der Waals surface area contributed by atoms with E-state index in [1.165, 1.54) is 26.2 Å². The molecule has 0 amide bonds. The van der Waals surface area contributed by atoms with Crippen molar-refractivity contribution in [2.75, 3.05) is 19.8 Å². The van der Waals surface area contributed by atoms with Crippen molar-refractivity contribution in [2.45, 2.75) is 73.1 Å². The Hall–Kier alpha value is -0.900. The van der Waals surface area contributed by atoms with Gasteiger partial charge in [0.25, 0.3) is 0 Å². The third-order valence-corrected chi connectivity index (χ3v) is 4.03. The number of ether oxygens (including phenoxy) is 2. The topological polar surface area (TPSA) is 52.6 Å². The van der Waals surface area contributed by atoms with Gasteiger partial charge in [-0.2, -0.15) is 0 Å². The molecule has 0 spiro atoms. The molecule has 0 fully saturated rings. The highest BCUT2D eigenvalue weighted by atomic mass is 16.6. The van der Waals surface area contributed by atoms with Gasteiger partial charge in [0.2, 0.25) is 0 Å². The molecule has 0 heterocycles. The molecule has 0 aromatic rings. The van der Waals surface area contributed by atoms with Crippen LogP contribution >= 0.6 is 0 Å². The van der Waals surface area contributed by atoms with E-state index in [2.05, 4.69) is 6.92 Å². The Labute approximate surface area is 135 Å². The summed E-state index contributed by atoms with van der Waals surface area (Å²) in [6.07, 6.45) is 5.67. The van der Waals surface area contributed by atoms with Gasteiger partial charge in [0.05, 0.1) is 6.61 Å². The molecule has 0 radical (unpaired) electrons. The first-order valence-electron chi connectivity index (χ1n) is 8.66. The average molecular weight is 314 g/mol. The van der Waals surface area contributed by atoms with E-state index in [1.54, 1.807) is 0 Å². The summed E-state index contributed by atoms with van der Waals surface area (Å²) < 4.78 is 10.8. The second-order valence-electron chi connectivity index (χ2n) is 6.40. The van der Waals surface area contributed by atoms with Gasteiger partial charge in [-0.25, -0.2) is 0 Å². The zero-order chi connectivity index (χ0) is 17.0. The highest BCUT2D eigenvalue weighted by Gasteiger charge is 2.43. The first-order chi connectivity index (χ1) is 10.4. The molecule has 4 heteroatoms. The molecule has 0 rings (SSSR count). The third-order valence-electron chi connectivity index (χ3n) is 4.03. The second kappa shape index (κ2) is 11.6. The first kappa shape index (κ1) is 21.1. The largest absolute Gasteiger partial charge is 0.462 e. The number of rotatable bonds is 13. The van der Waals surface area contributed by atoms with Crippen molar-refractivity contribution < 1.29 is 19.1 Å². The van der Waals surface area contributed by atoms with Crippen molar-refractivity contribution in [3.63, 3.8) is 0 Å². The highest BCUT2D eigenvalue weighted by Crippen LogP contribution is 2.33. The lowest BCUT2D eigenvalue weighted by molar-refractivity contribution is -0.163. The lowest BCUT2D eigenvalue weighted by Crippen LogP contribution is -2.40. The van der Waals surface area contributed by atoms with Crippen molar-refractivity contribution in [1.29, 1.82) is 0 Å². The van der Waals surface area contributed by atoms with Gasteiger partial charge in [-0.05, 0) is 32.1 Å². The van der Waals surface area contributed by atoms with Crippen LogP contribution in [0, 0.1) is 11.3 Å². The van der Waals surface area contributed by atoms with Crippen molar-refractivity contribution in [2.24, 2.45) is 11.3 Å². The Morgan fingerprint density at radius 2 is 1.68 bits per heavy atom. The van der Waals surface area contributed by atoms with Crippen LogP contribution < -0.4 is 0 Å². The molecule has 0 N–H and O–H groups in total. The van der Waals surface area contributed by atoms with Gasteiger partial charge < -0.3 is 9.47 Å². The van der Waals surface area contributed by atoms with Gasteiger partial charge in [-0.1, -0.05) is 47.0 Å². The summed E-state index contributed by atoms with van der Waals surface area (Å²) in [5, 5.41) is 0. The minimum Gasteiger partial charge on any atom is -0.462 e. The smallest absolute Gasteiger partial charge is 0.319 e. The van der Waals surface area contributed by atoms with Crippen molar-refractivity contribution in [3.05, 3.63) is 0 Å². The maximum absolute atomic E-state index is 12.3. The van der Waals surface area contributed by atoms with Gasteiger partial charge in [-0.3, -0.25) is 9.59 Å². The van der Waals surface area contributed by atoms with Crippen LogP contribution in [-0.4, -0.2) is 31.6 Å². The summed E-state index contributed by atoms with van der Waals surface area (Å²) in [5.74, 6) is -0.230. The number of carbonyl (C=O) groups is 2. The predicted octanol–water partition coefficient (Wildman–Crippen LogP) is 4.16. The molecule has 1 unspecified atom stereocenters. The summed E-state index contributed by atoms with van der Waals surface area (Å²) in [4.78, 5) is 24.3. The normalized spacial score (nSPS) is 13.9. The SMILES string of the molecule is CCCCCCOCCOC(=O)C(CC)(CC(C)C)C(C)=O. The fourth-order valence-corrected chi connectivity index (χ4v) is 2.67. The lowest BCUT2D eigenvalue weighted by Gasteiger charge is -2.29. The summed E-state index contributed by atoms with van der Waals surface area (Å²) in [6.45, 7) is 10.9. The summed E-state index contributed by atoms with van der Waals surface area (Å²) in [5.41, 5.74) is -0.991. The van der Waals surface area contributed by atoms with Crippen LogP contribution in [0.25, 0.3) is 0 Å². The summed E-state index contributed by atoms with van der Waals surface area (Å²) in [6, 6.07) is 0. The predicted molar refractivity (Wildman–Crippen MR) is 88.8 cm³/mol. The highest BCUT2D eigenvalue weighted by molar-refractivity contribution is 6.02. The van der Waals surface area contributed by atoms with Gasteiger partial charge in [0, 0.05) is 6.61 Å². The van der Waals surface area contributed by atoms with E-state index < -0.39 is 11.4 Å². The molecular weight excluding hydrogens is 280 g/mol. The molecule has 0 saturated carbocycles. The maximum atomic E-state index is 12.3. The number of ketones is 1. The molecule has 1 atom stereocenters. The van der Waals surface area contributed by atoms with Crippen LogP contribution in [0.4, 0.5) is 0 Å². The monoisotopic (exact) mass is 314 g/mol. The third kappa shape index (κ3) is 7.39. The molecule has 0 saturated heterocycles. The number of esters is 1. The number of carbonyl (C=O) groups excluding carboxylic acids is 2. The fraction of sp³-hybridized carbons (Fsp3) is 0.889. The Morgan fingerprint density at radius 3 is 2.18 bits per heavy atom. The van der Waals surface area contributed by atoms with Crippen molar-refractivity contribution in [1.82, 2.24) is 0 Å². The summed E-state index contributed by atoms with van der Waals surface area (Å²) >= 11 is 0. The fourth-order valence-electron chi connectivity index (χ4n) is 2.67. The van der Waals surface area contributed by atoms with Gasteiger partial charge in [-0.15, -0.1) is 0 Å². The second-order valence-corrected chi connectivity index (χ2v) is 6.40. The Balaban J connectivity index is 4.17. The zero-order valence-electron chi connectivity index (χ0n) is 15.1. The molecular formula is C18H34O4. The molecule has 22 heavy (non-hydrogen) atoms. The molecule has 0 aromatic carbocycles. The lowest BCUT2D eigenvalue weighted by atomic mass is 9.75. The first-order valence-corrected chi connectivity index (χ1v) is 8.66. The standard InChI is InChI=1S/C18H34O4/c1-6-8-9-10-11-21-12-13-22-17(20)18(7-2,16(5)19)14-15(3)4/h15H,6-14H2,1-5H3. The molecule has 0 aromatic heterocycles. The number of hydrogen-bond donors (Lipinski definition) is 0. The minimum absolute atomic E-state index is 0.103. The number of Topliss-reactive ketones (excluding diaryl/α,β-unsaturated/α-hetero) is 1. The molecule has 0 bridgehead atoms. The van der Waals surface area contributed by atoms with Crippen LogP contribution in [0.15, 0.2) is 0 Å². The van der Waals surface area contributed by atoms with E-state index in [0.717, 1.165) is 6.42 Å². The molecule has 4 nitrogen and oxygen atoms in total. The van der Waals surface area contributed by atoms with Crippen LogP contribution in [0.1, 0.15) is 73.1 Å². The van der Waals surface area contributed by atoms with E-state index in [9.17, 15) is 9.59 Å². The molecule has 0 aliphatic carbocycles. The van der Waals surface area contributed by atoms with Gasteiger partial charge in [0.15, 0.2) is 0 Å². The molecule has 130 valence electrons. The number of unbranched alkanes of at least 4 members (excludes halogenated alkanes) is 3. The summed E-state index contributed by atoms with van der Waals surface area (Å²) in [7, 11) is 0. The van der Waals surface area contributed by atoms with Gasteiger partial charge in [0.1, 0.15) is 17.8 Å². The van der Waals surface area contributed by atoms with Crippen molar-refractivity contribution >= 4 is 11.8 Å². The number of hydrogen-bond acceptors (Lipinski definition) is 4. The van der Waals surface area contributed by atoms with Gasteiger partial charge >= 0.3 is 5.97 Å². The van der Waals surface area contributed by atoms with Crippen LogP contribution in [0.3, 0.4) is 0 Å². The minimum atomic E-state index is -0.991. The average Bonchev–Trinajstić information content (AvgIpc) is 2.46. The zero-order valence-corrected chi connectivity index (χ0v) is 15.1. The van der Waals surface area contributed by atoms with E-state index in [0.29, 0.717) is 26.1 Å².